The molecule has 0 spiro atoms. The molecule has 1 saturated heterocycles. The Morgan fingerprint density at radius 2 is 2.29 bits per heavy atom. The Morgan fingerprint density at radius 3 is 3.10 bits per heavy atom. The Balaban J connectivity index is 1.54. The Hall–Kier alpha value is -1.73. The van der Waals surface area contributed by atoms with Crippen LogP contribution in [0.25, 0.3) is 11.0 Å². The number of carbonyl (C=O) groups is 1. The summed E-state index contributed by atoms with van der Waals surface area (Å²) in [5.41, 5.74) is 8.17. The minimum atomic E-state index is 0.0341. The summed E-state index contributed by atoms with van der Waals surface area (Å²) < 4.78 is 5.27. The normalized spacial score (nSPS) is 16.2. The van der Waals surface area contributed by atoms with Crippen LogP contribution in [-0.2, 0) is 9.53 Å². The predicted molar refractivity (Wildman–Crippen MR) is 83.2 cm³/mol. The number of nitrogens with zero attached hydrogens (tertiary/aromatic N) is 1. The maximum absolute atomic E-state index is 11.9. The van der Waals surface area contributed by atoms with Crippen LogP contribution in [0.3, 0.4) is 0 Å². The SMILES string of the molecule is Nc1ccc2nc(SCC(=O)NC3CCOCC3)[nH]c2c1. The van der Waals surface area contributed by atoms with E-state index in [0.717, 1.165) is 42.2 Å². The lowest BCUT2D eigenvalue weighted by Crippen LogP contribution is -2.39. The number of ether oxygens (including phenoxy) is 1. The number of amides is 1. The van der Waals surface area contributed by atoms with Gasteiger partial charge in [0.2, 0.25) is 5.91 Å². The molecule has 1 amide bonds. The summed E-state index contributed by atoms with van der Waals surface area (Å²) in [6.07, 6.45) is 1.78. The van der Waals surface area contributed by atoms with Gasteiger partial charge in [0.15, 0.2) is 5.16 Å². The molecule has 1 aliphatic heterocycles. The van der Waals surface area contributed by atoms with Crippen LogP contribution in [0, 0.1) is 0 Å². The van der Waals surface area contributed by atoms with E-state index < -0.39 is 0 Å². The second-order valence-electron chi connectivity index (χ2n) is 5.06. The average molecular weight is 306 g/mol. The van der Waals surface area contributed by atoms with Gasteiger partial charge in [-0.3, -0.25) is 4.79 Å². The van der Waals surface area contributed by atoms with Crippen molar-refractivity contribution in [2.24, 2.45) is 0 Å². The molecule has 0 radical (unpaired) electrons. The first-order chi connectivity index (χ1) is 10.2. The van der Waals surface area contributed by atoms with E-state index in [4.69, 9.17) is 10.5 Å². The number of nitrogen functional groups attached to an aromatic ring is 1. The summed E-state index contributed by atoms with van der Waals surface area (Å²) in [7, 11) is 0. The topological polar surface area (TPSA) is 93.0 Å². The minimum Gasteiger partial charge on any atom is -0.399 e. The first kappa shape index (κ1) is 14.2. The smallest absolute Gasteiger partial charge is 0.230 e. The predicted octanol–water partition coefficient (Wildman–Crippen LogP) is 1.53. The number of hydrogen-bond acceptors (Lipinski definition) is 5. The molecule has 2 heterocycles. The van der Waals surface area contributed by atoms with Gasteiger partial charge in [0.1, 0.15) is 0 Å². The molecule has 0 aliphatic carbocycles. The zero-order valence-corrected chi connectivity index (χ0v) is 12.4. The van der Waals surface area contributed by atoms with Gasteiger partial charge in [0.25, 0.3) is 0 Å². The maximum atomic E-state index is 11.9. The molecule has 0 bridgehead atoms. The highest BCUT2D eigenvalue weighted by atomic mass is 32.2. The molecule has 1 aromatic carbocycles. The molecule has 7 heteroatoms. The van der Waals surface area contributed by atoms with Gasteiger partial charge in [-0.2, -0.15) is 0 Å². The highest BCUT2D eigenvalue weighted by Gasteiger charge is 2.16. The van der Waals surface area contributed by atoms with Crippen molar-refractivity contribution in [2.45, 2.75) is 24.0 Å². The second kappa shape index (κ2) is 6.36. The van der Waals surface area contributed by atoms with Crippen LogP contribution in [0.15, 0.2) is 23.4 Å². The van der Waals surface area contributed by atoms with E-state index in [0.29, 0.717) is 11.4 Å². The molecule has 21 heavy (non-hydrogen) atoms. The number of anilines is 1. The third kappa shape index (κ3) is 3.68. The Kier molecular flexibility index (Phi) is 4.31. The van der Waals surface area contributed by atoms with Crippen LogP contribution in [0.5, 0.6) is 0 Å². The third-order valence-electron chi connectivity index (χ3n) is 3.41. The van der Waals surface area contributed by atoms with Crippen LogP contribution >= 0.6 is 11.8 Å². The van der Waals surface area contributed by atoms with E-state index in [-0.39, 0.29) is 11.9 Å². The molecule has 6 nitrogen and oxygen atoms in total. The highest BCUT2D eigenvalue weighted by Crippen LogP contribution is 2.21. The molecular weight excluding hydrogens is 288 g/mol. The molecule has 2 aromatic rings. The quantitative estimate of drug-likeness (QED) is 0.588. The van der Waals surface area contributed by atoms with Crippen LogP contribution < -0.4 is 11.1 Å². The van der Waals surface area contributed by atoms with Gasteiger partial charge in [0.05, 0.1) is 16.8 Å². The van der Waals surface area contributed by atoms with Crippen molar-refractivity contribution < 1.29 is 9.53 Å². The lowest BCUT2D eigenvalue weighted by molar-refractivity contribution is -0.119. The van der Waals surface area contributed by atoms with Gasteiger partial charge >= 0.3 is 0 Å². The minimum absolute atomic E-state index is 0.0341. The van der Waals surface area contributed by atoms with Crippen molar-refractivity contribution in [2.75, 3.05) is 24.7 Å². The monoisotopic (exact) mass is 306 g/mol. The van der Waals surface area contributed by atoms with Crippen molar-refractivity contribution in [3.8, 4) is 0 Å². The maximum Gasteiger partial charge on any atom is 0.230 e. The number of hydrogen-bond donors (Lipinski definition) is 3. The Labute approximate surface area is 126 Å². The van der Waals surface area contributed by atoms with Gasteiger partial charge in [0, 0.05) is 24.9 Å². The molecular formula is C14H18N4O2S. The van der Waals surface area contributed by atoms with Crippen molar-refractivity contribution in [1.29, 1.82) is 0 Å². The fourth-order valence-electron chi connectivity index (χ4n) is 2.32. The Bertz CT molecular complexity index is 637. The highest BCUT2D eigenvalue weighted by molar-refractivity contribution is 7.99. The summed E-state index contributed by atoms with van der Waals surface area (Å²) in [6, 6.07) is 5.76. The number of nitrogens with one attached hydrogen (secondary N) is 2. The lowest BCUT2D eigenvalue weighted by Gasteiger charge is -2.22. The number of thioether (sulfide) groups is 1. The molecule has 0 saturated carbocycles. The summed E-state index contributed by atoms with van der Waals surface area (Å²) in [5, 5.41) is 3.76. The van der Waals surface area contributed by atoms with Crippen LogP contribution in [0.1, 0.15) is 12.8 Å². The number of nitrogens with two attached hydrogens (primary N) is 1. The van der Waals surface area contributed by atoms with E-state index in [1.165, 1.54) is 11.8 Å². The number of carbonyl (C=O) groups excluding carboxylic acids is 1. The number of fused-ring (bicyclic) bond motifs is 1. The van der Waals surface area contributed by atoms with E-state index in [9.17, 15) is 4.79 Å². The molecule has 1 fully saturated rings. The molecule has 0 atom stereocenters. The van der Waals surface area contributed by atoms with Crippen LogP contribution in [0.4, 0.5) is 5.69 Å². The summed E-state index contributed by atoms with van der Waals surface area (Å²) >= 11 is 1.40. The number of aromatic amines is 1. The number of H-pyrrole nitrogens is 1. The molecule has 112 valence electrons. The molecule has 0 unspecified atom stereocenters. The fraction of sp³-hybridized carbons (Fsp3) is 0.429. The number of aromatic nitrogens is 2. The molecule has 1 aromatic heterocycles. The van der Waals surface area contributed by atoms with E-state index in [1.54, 1.807) is 0 Å². The van der Waals surface area contributed by atoms with Crippen LogP contribution in [-0.4, -0.2) is 40.9 Å². The first-order valence-corrected chi connectivity index (χ1v) is 7.94. The van der Waals surface area contributed by atoms with Crippen molar-refractivity contribution in [3.63, 3.8) is 0 Å². The van der Waals surface area contributed by atoms with Gasteiger partial charge in [-0.05, 0) is 31.0 Å². The van der Waals surface area contributed by atoms with Gasteiger partial charge in [-0.1, -0.05) is 11.8 Å². The zero-order chi connectivity index (χ0) is 14.7. The van der Waals surface area contributed by atoms with Gasteiger partial charge in [-0.25, -0.2) is 4.98 Å². The third-order valence-corrected chi connectivity index (χ3v) is 4.28. The standard InChI is InChI=1S/C14H18N4O2S/c15-9-1-2-11-12(7-9)18-14(17-11)21-8-13(19)16-10-3-5-20-6-4-10/h1-2,7,10H,3-6,8,15H2,(H,16,19)(H,17,18). The number of benzene rings is 1. The van der Waals surface area contributed by atoms with E-state index in [1.807, 2.05) is 18.2 Å². The fourth-order valence-corrected chi connectivity index (χ4v) is 3.01. The zero-order valence-electron chi connectivity index (χ0n) is 11.6. The first-order valence-electron chi connectivity index (χ1n) is 6.96. The summed E-state index contributed by atoms with van der Waals surface area (Å²) in [5.74, 6) is 0.388. The molecule has 3 rings (SSSR count). The number of imidazole rings is 1. The van der Waals surface area contributed by atoms with Crippen molar-refractivity contribution in [3.05, 3.63) is 18.2 Å². The Morgan fingerprint density at radius 1 is 1.48 bits per heavy atom. The van der Waals surface area contributed by atoms with Gasteiger partial charge in [-0.15, -0.1) is 0 Å². The van der Waals surface area contributed by atoms with Crippen molar-refractivity contribution >= 4 is 34.4 Å². The number of rotatable bonds is 4. The lowest BCUT2D eigenvalue weighted by atomic mass is 10.1. The second-order valence-corrected chi connectivity index (χ2v) is 6.03. The summed E-state index contributed by atoms with van der Waals surface area (Å²) in [6.45, 7) is 1.45. The van der Waals surface area contributed by atoms with Crippen LogP contribution in [0.2, 0.25) is 0 Å². The van der Waals surface area contributed by atoms with Crippen molar-refractivity contribution in [1.82, 2.24) is 15.3 Å². The molecule has 4 N–H and O–H groups in total. The summed E-state index contributed by atoms with van der Waals surface area (Å²) in [4.78, 5) is 19.5. The van der Waals surface area contributed by atoms with E-state index in [2.05, 4.69) is 15.3 Å². The van der Waals surface area contributed by atoms with Gasteiger partial charge < -0.3 is 20.8 Å². The average Bonchev–Trinajstić information content (AvgIpc) is 2.88. The van der Waals surface area contributed by atoms with E-state index >= 15 is 0 Å². The largest absolute Gasteiger partial charge is 0.399 e. The molecule has 1 aliphatic rings.